The fourth-order valence-electron chi connectivity index (χ4n) is 6.54. The summed E-state index contributed by atoms with van der Waals surface area (Å²) in [5.74, 6) is -1.76. The van der Waals surface area contributed by atoms with Crippen molar-refractivity contribution in [3.05, 3.63) is 99.8 Å². The van der Waals surface area contributed by atoms with Gasteiger partial charge in [0.25, 0.3) is 0 Å². The van der Waals surface area contributed by atoms with E-state index in [4.69, 9.17) is 23.2 Å². The molecule has 0 bridgehead atoms. The highest BCUT2D eigenvalue weighted by atomic mass is 35.5. The van der Waals surface area contributed by atoms with Crippen molar-refractivity contribution in [1.29, 1.82) is 0 Å². The Morgan fingerprint density at radius 2 is 1.83 bits per heavy atom. The molecular weight excluding hydrogens is 597 g/mol. The molecule has 4 atom stereocenters. The number of pyridine rings is 1. The molecule has 3 aromatic rings. The Hall–Kier alpha value is -2.98. The van der Waals surface area contributed by atoms with Crippen molar-refractivity contribution in [2.75, 3.05) is 0 Å². The molecule has 1 aliphatic carbocycles. The molecule has 2 fully saturated rings. The molecule has 0 unspecified atom stereocenters. The monoisotopic (exact) mass is 629 g/mol. The summed E-state index contributed by atoms with van der Waals surface area (Å²) in [6.07, 6.45) is 3.45. The van der Waals surface area contributed by atoms with Crippen LogP contribution in [0.15, 0.2) is 72.9 Å². The number of hydrogen-bond acceptors (Lipinski definition) is 5. The molecule has 2 aliphatic rings. The molecule has 1 aliphatic heterocycles. The summed E-state index contributed by atoms with van der Waals surface area (Å²) >= 11 is 12.7. The third kappa shape index (κ3) is 6.34. The smallest absolute Gasteiger partial charge is 0.304 e. The zero-order chi connectivity index (χ0) is 30.1. The van der Waals surface area contributed by atoms with Crippen molar-refractivity contribution in [3.8, 4) is 0 Å². The van der Waals surface area contributed by atoms with E-state index in [-0.39, 0.29) is 43.6 Å². The molecule has 0 radical (unpaired) electrons. The number of halogens is 2. The fraction of sp³-hybridized carbons (Fsp3) is 0.387. The molecule has 2 heterocycles. The quantitative estimate of drug-likeness (QED) is 0.239. The summed E-state index contributed by atoms with van der Waals surface area (Å²) in [7, 11) is -3.09. The van der Waals surface area contributed by atoms with Crippen molar-refractivity contribution in [1.82, 2.24) is 14.6 Å². The Kier molecular flexibility index (Phi) is 8.94. The lowest BCUT2D eigenvalue weighted by Gasteiger charge is -2.48. The largest absolute Gasteiger partial charge is 0.481 e. The Morgan fingerprint density at radius 3 is 2.43 bits per heavy atom. The van der Waals surface area contributed by atoms with Gasteiger partial charge in [0.15, 0.2) is 0 Å². The van der Waals surface area contributed by atoms with E-state index in [9.17, 15) is 23.1 Å². The molecule has 42 heavy (non-hydrogen) atoms. The maximum Gasteiger partial charge on any atom is 0.304 e. The lowest BCUT2D eigenvalue weighted by Crippen LogP contribution is -2.58. The van der Waals surface area contributed by atoms with Gasteiger partial charge in [-0.05, 0) is 79.1 Å². The van der Waals surface area contributed by atoms with E-state index < -0.39 is 33.9 Å². The molecule has 2 aromatic carbocycles. The van der Waals surface area contributed by atoms with Crippen LogP contribution in [0.25, 0.3) is 0 Å². The van der Waals surface area contributed by atoms with E-state index in [1.54, 1.807) is 43.5 Å². The summed E-state index contributed by atoms with van der Waals surface area (Å²) in [4.78, 5) is 29.8. The molecule has 2 N–H and O–H groups in total. The molecule has 11 heteroatoms. The van der Waals surface area contributed by atoms with E-state index >= 15 is 0 Å². The van der Waals surface area contributed by atoms with Gasteiger partial charge in [-0.2, -0.15) is 4.31 Å². The molecule has 1 saturated heterocycles. The highest BCUT2D eigenvalue weighted by molar-refractivity contribution is 7.69. The van der Waals surface area contributed by atoms with Crippen molar-refractivity contribution >= 4 is 46.0 Å². The second kappa shape index (κ2) is 12.3. The van der Waals surface area contributed by atoms with Gasteiger partial charge in [-0.3, -0.25) is 14.6 Å². The van der Waals surface area contributed by atoms with Crippen LogP contribution in [-0.2, 0) is 32.6 Å². The van der Waals surface area contributed by atoms with Crippen LogP contribution in [0.4, 0.5) is 0 Å². The number of thiol groups is 1. The summed E-state index contributed by atoms with van der Waals surface area (Å²) in [6, 6.07) is 19.4. The Bertz CT molecular complexity index is 1530. The standard InChI is InChI=1S/C31H33Cl2N3O5S/c1-30(18-28(37)38)16-26(20-5-4-6-24(33)15-20)27(35-29(30)39)17-31(21-8-9-21,22-10-12-23(32)13-11-22)36(42(40)41)19-25-7-2-3-14-34-25/h2-7,10-15,21,26-27,42H,8-9,16-19H2,1H3,(H,35,39)(H,37,38)/t26-,27+,30+,31+/m1/s1. The van der Waals surface area contributed by atoms with Gasteiger partial charge in [-0.15, -0.1) is 0 Å². The lowest BCUT2D eigenvalue weighted by molar-refractivity contribution is -0.147. The maximum absolute atomic E-state index is 13.6. The number of carbonyl (C=O) groups excluding carboxylic acids is 1. The third-order valence-corrected chi connectivity index (χ3v) is 10.0. The van der Waals surface area contributed by atoms with Crippen LogP contribution in [0.2, 0.25) is 10.0 Å². The van der Waals surface area contributed by atoms with Gasteiger partial charge >= 0.3 is 5.97 Å². The van der Waals surface area contributed by atoms with Gasteiger partial charge in [0.1, 0.15) is 0 Å². The predicted molar refractivity (Wildman–Crippen MR) is 162 cm³/mol. The second-order valence-corrected chi connectivity index (χ2v) is 13.4. The zero-order valence-electron chi connectivity index (χ0n) is 23.1. The van der Waals surface area contributed by atoms with Gasteiger partial charge in [-0.1, -0.05) is 60.5 Å². The van der Waals surface area contributed by atoms with E-state index in [2.05, 4.69) is 10.3 Å². The number of piperidine rings is 1. The first-order valence-electron chi connectivity index (χ1n) is 13.9. The van der Waals surface area contributed by atoms with Gasteiger partial charge < -0.3 is 10.4 Å². The topological polar surface area (TPSA) is 117 Å². The molecule has 1 aromatic heterocycles. The number of rotatable bonds is 11. The van der Waals surface area contributed by atoms with Crippen LogP contribution in [-0.4, -0.2) is 40.7 Å². The van der Waals surface area contributed by atoms with Gasteiger partial charge in [0, 0.05) is 28.2 Å². The number of carboxylic acid groups (broad SMARTS) is 1. The fourth-order valence-corrected chi connectivity index (χ4v) is 7.78. The highest BCUT2D eigenvalue weighted by Gasteiger charge is 2.56. The van der Waals surface area contributed by atoms with Gasteiger partial charge in [-0.25, -0.2) is 8.42 Å². The number of carbonyl (C=O) groups is 2. The molecule has 222 valence electrons. The number of amides is 1. The number of nitrogens with one attached hydrogen (secondary N) is 1. The minimum absolute atomic E-state index is 0.0143. The van der Waals surface area contributed by atoms with E-state index in [0.29, 0.717) is 15.7 Å². The summed E-state index contributed by atoms with van der Waals surface area (Å²) < 4.78 is 27.9. The summed E-state index contributed by atoms with van der Waals surface area (Å²) in [6.45, 7) is 1.72. The van der Waals surface area contributed by atoms with Gasteiger partial charge in [0.2, 0.25) is 16.8 Å². The Labute approximate surface area is 257 Å². The predicted octanol–water partition coefficient (Wildman–Crippen LogP) is 5.57. The number of carboxylic acids is 1. The molecule has 1 amide bonds. The van der Waals surface area contributed by atoms with E-state index in [0.717, 1.165) is 24.0 Å². The normalized spacial score (nSPS) is 23.9. The van der Waals surface area contributed by atoms with E-state index in [1.165, 1.54) is 4.31 Å². The number of aliphatic carboxylic acids is 1. The second-order valence-electron chi connectivity index (χ2n) is 11.6. The first kappa shape index (κ1) is 30.5. The average Bonchev–Trinajstić information content (AvgIpc) is 3.79. The van der Waals surface area contributed by atoms with Crippen LogP contribution in [0.5, 0.6) is 0 Å². The maximum atomic E-state index is 13.6. The molecule has 1 saturated carbocycles. The lowest BCUT2D eigenvalue weighted by atomic mass is 9.66. The van der Waals surface area contributed by atoms with E-state index in [1.807, 2.05) is 36.4 Å². The SMILES string of the molecule is C[C@@]1(CC(=O)O)C[C@H](c2cccc(Cl)c2)[C@H](C[C@@](c2ccc(Cl)cc2)(C2CC2)N(Cc2ccccn2)[SH](=O)=O)NC1=O. The highest BCUT2D eigenvalue weighted by Crippen LogP contribution is 2.55. The molecule has 8 nitrogen and oxygen atoms in total. The molecule has 5 rings (SSSR count). The van der Waals surface area contributed by atoms with Crippen molar-refractivity contribution in [3.63, 3.8) is 0 Å². The number of aromatic nitrogens is 1. The van der Waals surface area contributed by atoms with Crippen LogP contribution in [0.3, 0.4) is 0 Å². The average molecular weight is 631 g/mol. The minimum atomic E-state index is -3.09. The summed E-state index contributed by atoms with van der Waals surface area (Å²) in [5.41, 5.74) is 0.0564. The molecule has 0 spiro atoms. The van der Waals surface area contributed by atoms with Crippen molar-refractivity contribution in [2.24, 2.45) is 11.3 Å². The summed E-state index contributed by atoms with van der Waals surface area (Å²) in [5, 5.41) is 13.8. The van der Waals surface area contributed by atoms with Crippen LogP contribution < -0.4 is 5.32 Å². The first-order chi connectivity index (χ1) is 20.0. The number of hydrogen-bond donors (Lipinski definition) is 3. The first-order valence-corrected chi connectivity index (χ1v) is 15.8. The zero-order valence-corrected chi connectivity index (χ0v) is 25.5. The van der Waals surface area contributed by atoms with Crippen molar-refractivity contribution < 1.29 is 23.1 Å². The van der Waals surface area contributed by atoms with Crippen molar-refractivity contribution in [2.45, 2.75) is 63.1 Å². The van der Waals surface area contributed by atoms with Gasteiger partial charge in [0.05, 0.1) is 29.6 Å². The van der Waals surface area contributed by atoms with Crippen LogP contribution in [0, 0.1) is 11.3 Å². The number of nitrogens with zero attached hydrogens (tertiary/aromatic N) is 2. The minimum Gasteiger partial charge on any atom is -0.481 e. The molecular formula is C31H33Cl2N3O5S. The number of benzene rings is 2. The van der Waals surface area contributed by atoms with Crippen LogP contribution >= 0.6 is 23.2 Å². The Balaban J connectivity index is 1.65. The third-order valence-electron chi connectivity index (χ3n) is 8.66. The Morgan fingerprint density at radius 1 is 1.10 bits per heavy atom. The van der Waals surface area contributed by atoms with Crippen LogP contribution in [0.1, 0.15) is 61.8 Å².